The molecule has 1 fully saturated rings. The van der Waals surface area contributed by atoms with Gasteiger partial charge in [0.15, 0.2) is 5.82 Å². The number of carbonyl (C=O) groups excluding carboxylic acids is 1. The maximum Gasteiger partial charge on any atom is 0.295 e. The lowest BCUT2D eigenvalue weighted by molar-refractivity contribution is 0.0698. The summed E-state index contributed by atoms with van der Waals surface area (Å²) in [5.74, 6) is -1.65. The number of nitrogens with one attached hydrogen (secondary N) is 1. The van der Waals surface area contributed by atoms with E-state index in [2.05, 4.69) is 9.97 Å². The first kappa shape index (κ1) is 20.4. The Bertz CT molecular complexity index is 1200. The number of nitrogens with zero attached hydrogens (tertiary/aromatic N) is 3. The van der Waals surface area contributed by atoms with Gasteiger partial charge in [-0.05, 0) is 30.3 Å². The Morgan fingerprint density at radius 2 is 1.77 bits per heavy atom. The molecule has 7 nitrogen and oxygen atoms in total. The molecule has 11 heteroatoms. The Hall–Kier alpha value is -2.92. The number of aromatic amines is 1. The summed E-state index contributed by atoms with van der Waals surface area (Å²) >= 11 is 0. The van der Waals surface area contributed by atoms with Crippen LogP contribution in [-0.4, -0.2) is 59.7 Å². The third kappa shape index (κ3) is 3.65. The molecule has 2 heterocycles. The quantitative estimate of drug-likeness (QED) is 0.679. The predicted molar refractivity (Wildman–Crippen MR) is 102 cm³/mol. The van der Waals surface area contributed by atoms with Crippen molar-refractivity contribution in [1.29, 1.82) is 0 Å². The first-order valence-corrected chi connectivity index (χ1v) is 10.5. The van der Waals surface area contributed by atoms with E-state index in [-0.39, 0.29) is 37.6 Å². The fraction of sp³-hybridized carbons (Fsp3) is 0.263. The number of carbonyl (C=O) groups is 1. The van der Waals surface area contributed by atoms with Crippen LogP contribution in [0, 0.1) is 5.82 Å². The zero-order chi connectivity index (χ0) is 21.5. The van der Waals surface area contributed by atoms with Gasteiger partial charge < -0.3 is 9.88 Å². The maximum atomic E-state index is 13.9. The van der Waals surface area contributed by atoms with Crippen molar-refractivity contribution in [2.45, 2.75) is 11.3 Å². The summed E-state index contributed by atoms with van der Waals surface area (Å²) in [4.78, 5) is 20.1. The standard InChI is InChI=1S/C19H17F3N4O3S/c20-13-3-1-2-4-16(13)30(28,29)26-9-7-25(8-10-26)19(27)12-5-6-14-15(11-12)24-18(23-14)17(21)22/h1-6,11,17H,7-10H2,(H,23,24). The van der Waals surface area contributed by atoms with Gasteiger partial charge in [0.05, 0.1) is 11.0 Å². The van der Waals surface area contributed by atoms with Crippen molar-refractivity contribution < 1.29 is 26.4 Å². The topological polar surface area (TPSA) is 86.4 Å². The molecular weight excluding hydrogens is 421 g/mol. The van der Waals surface area contributed by atoms with E-state index in [0.717, 1.165) is 10.4 Å². The summed E-state index contributed by atoms with van der Waals surface area (Å²) < 4.78 is 66.0. The van der Waals surface area contributed by atoms with E-state index in [0.29, 0.717) is 11.0 Å². The highest BCUT2D eigenvalue weighted by Crippen LogP contribution is 2.23. The normalized spacial score (nSPS) is 15.8. The number of halogens is 3. The number of hydrogen-bond donors (Lipinski definition) is 1. The number of alkyl halides is 2. The minimum atomic E-state index is -4.00. The summed E-state index contributed by atoms with van der Waals surface area (Å²) in [5, 5.41) is 0. The molecule has 1 saturated heterocycles. The van der Waals surface area contributed by atoms with Crippen molar-refractivity contribution in [1.82, 2.24) is 19.2 Å². The Morgan fingerprint density at radius 3 is 2.43 bits per heavy atom. The van der Waals surface area contributed by atoms with Crippen molar-refractivity contribution in [2.75, 3.05) is 26.2 Å². The number of benzene rings is 2. The molecule has 2 aromatic carbocycles. The highest BCUT2D eigenvalue weighted by atomic mass is 32.2. The number of rotatable bonds is 4. The molecule has 30 heavy (non-hydrogen) atoms. The van der Waals surface area contributed by atoms with Crippen LogP contribution in [0.5, 0.6) is 0 Å². The van der Waals surface area contributed by atoms with Crippen molar-refractivity contribution in [3.8, 4) is 0 Å². The third-order valence-electron chi connectivity index (χ3n) is 4.93. The highest BCUT2D eigenvalue weighted by Gasteiger charge is 2.32. The van der Waals surface area contributed by atoms with Crippen molar-refractivity contribution >= 4 is 27.0 Å². The van der Waals surface area contributed by atoms with Gasteiger partial charge in [-0.25, -0.2) is 26.6 Å². The van der Waals surface area contributed by atoms with Gasteiger partial charge in [0.2, 0.25) is 10.0 Å². The molecule has 1 amide bonds. The Morgan fingerprint density at radius 1 is 1.07 bits per heavy atom. The summed E-state index contributed by atoms with van der Waals surface area (Å²) in [7, 11) is -4.00. The number of piperazine rings is 1. The van der Waals surface area contributed by atoms with E-state index in [4.69, 9.17) is 0 Å². The monoisotopic (exact) mass is 438 g/mol. The minimum absolute atomic E-state index is 0.0181. The van der Waals surface area contributed by atoms with Gasteiger partial charge in [-0.2, -0.15) is 4.31 Å². The van der Waals surface area contributed by atoms with Gasteiger partial charge in [-0.15, -0.1) is 0 Å². The molecule has 0 bridgehead atoms. The molecule has 0 unspecified atom stereocenters. The zero-order valence-electron chi connectivity index (χ0n) is 15.6. The Kier molecular flexibility index (Phi) is 5.24. The van der Waals surface area contributed by atoms with Crippen LogP contribution in [0.15, 0.2) is 47.4 Å². The number of hydrogen-bond acceptors (Lipinski definition) is 4. The van der Waals surface area contributed by atoms with Crippen molar-refractivity contribution in [3.05, 3.63) is 59.7 Å². The SMILES string of the molecule is O=C(c1ccc2nc(C(F)F)[nH]c2c1)N1CCN(S(=O)(=O)c2ccccc2F)CC1. The molecule has 0 atom stereocenters. The molecule has 0 spiro atoms. The van der Waals surface area contributed by atoms with E-state index in [1.807, 2.05) is 0 Å². The van der Waals surface area contributed by atoms with Gasteiger partial charge in [-0.1, -0.05) is 12.1 Å². The van der Waals surface area contributed by atoms with E-state index in [9.17, 15) is 26.4 Å². The van der Waals surface area contributed by atoms with E-state index < -0.39 is 33.0 Å². The molecule has 158 valence electrons. The average molecular weight is 438 g/mol. The number of fused-ring (bicyclic) bond motifs is 1. The van der Waals surface area contributed by atoms with E-state index in [1.165, 1.54) is 41.3 Å². The second kappa shape index (κ2) is 7.73. The summed E-state index contributed by atoms with van der Waals surface area (Å²) in [5.41, 5.74) is 0.914. The maximum absolute atomic E-state index is 13.9. The minimum Gasteiger partial charge on any atom is -0.337 e. The molecule has 1 aromatic heterocycles. The van der Waals surface area contributed by atoms with Crippen LogP contribution in [-0.2, 0) is 10.0 Å². The van der Waals surface area contributed by atoms with E-state index >= 15 is 0 Å². The van der Waals surface area contributed by atoms with Crippen LogP contribution < -0.4 is 0 Å². The van der Waals surface area contributed by atoms with Crippen LogP contribution in [0.4, 0.5) is 13.2 Å². The predicted octanol–water partition coefficient (Wildman–Crippen LogP) is 2.79. The molecule has 4 rings (SSSR count). The number of H-pyrrole nitrogens is 1. The molecule has 0 aliphatic carbocycles. The zero-order valence-corrected chi connectivity index (χ0v) is 16.4. The summed E-state index contributed by atoms with van der Waals surface area (Å²) in [6, 6.07) is 9.55. The first-order chi connectivity index (χ1) is 14.3. The fourth-order valence-electron chi connectivity index (χ4n) is 3.37. The molecule has 1 N–H and O–H groups in total. The molecular formula is C19H17F3N4O3S. The number of amides is 1. The van der Waals surface area contributed by atoms with Crippen LogP contribution >= 0.6 is 0 Å². The van der Waals surface area contributed by atoms with Crippen LogP contribution in [0.3, 0.4) is 0 Å². The molecule has 1 aliphatic heterocycles. The average Bonchev–Trinajstić information content (AvgIpc) is 3.17. The second-order valence-corrected chi connectivity index (χ2v) is 8.69. The molecule has 3 aromatic rings. The van der Waals surface area contributed by atoms with Gasteiger partial charge >= 0.3 is 0 Å². The smallest absolute Gasteiger partial charge is 0.295 e. The lowest BCUT2D eigenvalue weighted by atomic mass is 10.1. The van der Waals surface area contributed by atoms with Crippen LogP contribution in [0.25, 0.3) is 11.0 Å². The van der Waals surface area contributed by atoms with Crippen molar-refractivity contribution in [2.24, 2.45) is 0 Å². The van der Waals surface area contributed by atoms with Gasteiger partial charge in [-0.3, -0.25) is 4.79 Å². The number of imidazole rings is 1. The lowest BCUT2D eigenvalue weighted by Crippen LogP contribution is -2.50. The Balaban J connectivity index is 1.48. The number of sulfonamides is 1. The van der Waals surface area contributed by atoms with Crippen molar-refractivity contribution in [3.63, 3.8) is 0 Å². The molecule has 0 saturated carbocycles. The van der Waals surface area contributed by atoms with Gasteiger partial charge in [0, 0.05) is 31.7 Å². The highest BCUT2D eigenvalue weighted by molar-refractivity contribution is 7.89. The van der Waals surface area contributed by atoms with Crippen LogP contribution in [0.2, 0.25) is 0 Å². The second-order valence-electron chi connectivity index (χ2n) is 6.78. The first-order valence-electron chi connectivity index (χ1n) is 9.09. The summed E-state index contributed by atoms with van der Waals surface area (Å²) in [6.45, 7) is 0.278. The number of aromatic nitrogens is 2. The summed E-state index contributed by atoms with van der Waals surface area (Å²) in [6.07, 6.45) is -2.75. The largest absolute Gasteiger partial charge is 0.337 e. The van der Waals surface area contributed by atoms with E-state index in [1.54, 1.807) is 0 Å². The van der Waals surface area contributed by atoms with Crippen LogP contribution in [0.1, 0.15) is 22.6 Å². The third-order valence-corrected chi connectivity index (χ3v) is 6.87. The fourth-order valence-corrected chi connectivity index (χ4v) is 4.86. The van der Waals surface area contributed by atoms with Gasteiger partial charge in [0.1, 0.15) is 10.7 Å². The van der Waals surface area contributed by atoms with Gasteiger partial charge in [0.25, 0.3) is 12.3 Å². The molecule has 1 aliphatic rings. The Labute approximate surface area is 170 Å². The lowest BCUT2D eigenvalue weighted by Gasteiger charge is -2.34. The molecule has 0 radical (unpaired) electrons.